The van der Waals surface area contributed by atoms with E-state index in [9.17, 15) is 24.3 Å². The van der Waals surface area contributed by atoms with Crippen molar-refractivity contribution in [2.75, 3.05) is 12.4 Å². The lowest BCUT2D eigenvalue weighted by atomic mass is 10.0. The number of thiol groups is 1. The van der Waals surface area contributed by atoms with E-state index in [1.807, 2.05) is 0 Å². The van der Waals surface area contributed by atoms with Gasteiger partial charge in [0, 0.05) is 30.5 Å². The van der Waals surface area contributed by atoms with E-state index in [2.05, 4.69) is 38.5 Å². The molecule has 2 aromatic rings. The van der Waals surface area contributed by atoms with Gasteiger partial charge in [-0.25, -0.2) is 9.78 Å². The van der Waals surface area contributed by atoms with Crippen molar-refractivity contribution in [2.24, 2.45) is 5.73 Å². The first-order valence-electron chi connectivity index (χ1n) is 10.4. The normalized spacial score (nSPS) is 14.3. The number of aromatic nitrogens is 2. The number of imidazole rings is 1. The third-order valence-electron chi connectivity index (χ3n) is 4.86. The van der Waals surface area contributed by atoms with Crippen LogP contribution in [0, 0.1) is 0 Å². The van der Waals surface area contributed by atoms with E-state index in [-0.39, 0.29) is 18.6 Å². The summed E-state index contributed by atoms with van der Waals surface area (Å²) < 4.78 is 0. The standard InChI is InChI=1S/C21H28N6O6S/c22-14(9-28)18(29)25-15(6-12-4-2-1-3-5-12)19(30)26-16(7-13-8-23-11-24-13)20(31)27-17(10-34)21(32)33/h1-5,8,11,14-17,28,34H,6-7,9-10,22H2,(H,23,24)(H,25,29)(H,26,30)(H,27,31)(H,32,33). The van der Waals surface area contributed by atoms with Crippen LogP contribution in [0.15, 0.2) is 42.9 Å². The second-order valence-electron chi connectivity index (χ2n) is 7.46. The third kappa shape index (κ3) is 8.17. The van der Waals surface area contributed by atoms with E-state index in [4.69, 9.17) is 10.8 Å². The van der Waals surface area contributed by atoms with Crippen molar-refractivity contribution in [3.05, 3.63) is 54.1 Å². The Morgan fingerprint density at radius 1 is 0.971 bits per heavy atom. The van der Waals surface area contributed by atoms with Gasteiger partial charge in [0.1, 0.15) is 24.2 Å². The van der Waals surface area contributed by atoms with Crippen molar-refractivity contribution in [3.63, 3.8) is 0 Å². The second-order valence-corrected chi connectivity index (χ2v) is 7.83. The maximum absolute atomic E-state index is 13.2. The summed E-state index contributed by atoms with van der Waals surface area (Å²) in [4.78, 5) is 56.3. The molecule has 0 aliphatic carbocycles. The number of nitrogens with two attached hydrogens (primary N) is 1. The maximum atomic E-state index is 13.2. The Morgan fingerprint density at radius 2 is 1.56 bits per heavy atom. The Balaban J connectivity index is 2.24. The Bertz CT molecular complexity index is 958. The molecule has 0 bridgehead atoms. The van der Waals surface area contributed by atoms with Crippen LogP contribution in [0.4, 0.5) is 0 Å². The number of carboxylic acid groups (broad SMARTS) is 1. The van der Waals surface area contributed by atoms with Crippen molar-refractivity contribution < 1.29 is 29.4 Å². The molecule has 0 aliphatic heterocycles. The molecule has 13 heteroatoms. The fraction of sp³-hybridized carbons (Fsp3) is 0.381. The molecule has 0 radical (unpaired) electrons. The second kappa shape index (κ2) is 13.3. The zero-order valence-corrected chi connectivity index (χ0v) is 19.1. The zero-order chi connectivity index (χ0) is 25.1. The third-order valence-corrected chi connectivity index (χ3v) is 5.22. The lowest BCUT2D eigenvalue weighted by molar-refractivity contribution is -0.141. The highest BCUT2D eigenvalue weighted by Crippen LogP contribution is 2.06. The number of aliphatic hydroxyl groups excluding tert-OH is 1. The highest BCUT2D eigenvalue weighted by atomic mass is 32.1. The van der Waals surface area contributed by atoms with Crippen molar-refractivity contribution in [3.8, 4) is 0 Å². The van der Waals surface area contributed by atoms with E-state index in [0.29, 0.717) is 5.69 Å². The number of aliphatic carboxylic acids is 1. The molecule has 34 heavy (non-hydrogen) atoms. The number of amides is 3. The van der Waals surface area contributed by atoms with E-state index in [0.717, 1.165) is 5.56 Å². The minimum atomic E-state index is -1.28. The smallest absolute Gasteiger partial charge is 0.327 e. The number of carboxylic acids is 1. The van der Waals surface area contributed by atoms with Crippen molar-refractivity contribution >= 4 is 36.3 Å². The van der Waals surface area contributed by atoms with Crippen LogP contribution in [0.5, 0.6) is 0 Å². The largest absolute Gasteiger partial charge is 0.480 e. The first-order chi connectivity index (χ1) is 16.2. The molecular weight excluding hydrogens is 464 g/mol. The predicted octanol–water partition coefficient (Wildman–Crippen LogP) is -2.02. The molecule has 0 fully saturated rings. The zero-order valence-electron chi connectivity index (χ0n) is 18.2. The highest BCUT2D eigenvalue weighted by Gasteiger charge is 2.30. The number of aromatic amines is 1. The van der Waals surface area contributed by atoms with Crippen LogP contribution in [-0.4, -0.2) is 80.4 Å². The number of nitrogens with one attached hydrogen (secondary N) is 4. The summed E-state index contributed by atoms with van der Waals surface area (Å²) in [5.74, 6) is -3.62. The number of hydrogen-bond donors (Lipinski definition) is 8. The molecule has 4 unspecified atom stereocenters. The molecule has 12 nitrogen and oxygen atoms in total. The van der Waals surface area contributed by atoms with Gasteiger partial charge in [0.2, 0.25) is 17.7 Å². The SMILES string of the molecule is NC(CO)C(=O)NC(Cc1ccccc1)C(=O)NC(Cc1cnc[nH]1)C(=O)NC(CS)C(=O)O. The lowest BCUT2D eigenvalue weighted by Gasteiger charge is -2.25. The molecular formula is C21H28N6O6S. The van der Waals surface area contributed by atoms with Gasteiger partial charge < -0.3 is 36.9 Å². The number of hydrogen-bond acceptors (Lipinski definition) is 8. The quantitative estimate of drug-likeness (QED) is 0.146. The molecule has 1 heterocycles. The molecule has 0 spiro atoms. The number of carbonyl (C=O) groups is 4. The van der Waals surface area contributed by atoms with E-state index in [1.165, 1.54) is 12.5 Å². The van der Waals surface area contributed by atoms with Crippen LogP contribution >= 0.6 is 12.6 Å². The van der Waals surface area contributed by atoms with Gasteiger partial charge in [-0.05, 0) is 5.56 Å². The van der Waals surface area contributed by atoms with Crippen LogP contribution in [0.3, 0.4) is 0 Å². The Kier molecular flexibility index (Phi) is 10.5. The number of H-pyrrole nitrogens is 1. The van der Waals surface area contributed by atoms with Crippen LogP contribution in [0.1, 0.15) is 11.3 Å². The van der Waals surface area contributed by atoms with E-state index in [1.54, 1.807) is 30.3 Å². The van der Waals surface area contributed by atoms with Crippen LogP contribution in [-0.2, 0) is 32.0 Å². The summed E-state index contributed by atoms with van der Waals surface area (Å²) in [5, 5.41) is 25.8. The lowest BCUT2D eigenvalue weighted by Crippen LogP contribution is -2.58. The monoisotopic (exact) mass is 492 g/mol. The summed E-state index contributed by atoms with van der Waals surface area (Å²) in [6, 6.07) is 4.05. The first-order valence-corrected chi connectivity index (χ1v) is 11.0. The van der Waals surface area contributed by atoms with Gasteiger partial charge in [0.05, 0.1) is 12.9 Å². The molecule has 3 amide bonds. The summed E-state index contributed by atoms with van der Waals surface area (Å²) in [6.07, 6.45) is 2.93. The number of carbonyl (C=O) groups excluding carboxylic acids is 3. The fourth-order valence-corrected chi connectivity index (χ4v) is 3.22. The van der Waals surface area contributed by atoms with Crippen molar-refractivity contribution in [1.29, 1.82) is 0 Å². The molecule has 2 rings (SSSR count). The highest BCUT2D eigenvalue weighted by molar-refractivity contribution is 7.80. The Labute approximate surface area is 201 Å². The predicted molar refractivity (Wildman–Crippen MR) is 125 cm³/mol. The van der Waals surface area contributed by atoms with E-state index < -0.39 is 54.5 Å². The molecule has 4 atom stereocenters. The summed E-state index contributed by atoms with van der Waals surface area (Å²) in [6.45, 7) is -0.614. The van der Waals surface area contributed by atoms with Crippen LogP contribution in [0.2, 0.25) is 0 Å². The summed E-state index contributed by atoms with van der Waals surface area (Å²) in [5.41, 5.74) is 6.82. The molecule has 1 aromatic heterocycles. The number of rotatable bonds is 13. The van der Waals surface area contributed by atoms with Crippen LogP contribution in [0.25, 0.3) is 0 Å². The minimum absolute atomic E-state index is 0.0152. The number of nitrogens with zero attached hydrogens (tertiary/aromatic N) is 1. The first kappa shape index (κ1) is 26.8. The van der Waals surface area contributed by atoms with E-state index >= 15 is 0 Å². The molecule has 0 aliphatic rings. The average molecular weight is 493 g/mol. The van der Waals surface area contributed by atoms with Gasteiger partial charge in [0.25, 0.3) is 0 Å². The minimum Gasteiger partial charge on any atom is -0.480 e. The van der Waals surface area contributed by atoms with Crippen LogP contribution < -0.4 is 21.7 Å². The fourth-order valence-electron chi connectivity index (χ4n) is 2.98. The Morgan fingerprint density at radius 3 is 2.09 bits per heavy atom. The van der Waals surface area contributed by atoms with Gasteiger partial charge in [-0.1, -0.05) is 30.3 Å². The molecule has 1 aromatic carbocycles. The van der Waals surface area contributed by atoms with Gasteiger partial charge in [-0.15, -0.1) is 0 Å². The van der Waals surface area contributed by atoms with Crippen molar-refractivity contribution in [1.82, 2.24) is 25.9 Å². The summed E-state index contributed by atoms with van der Waals surface area (Å²) >= 11 is 3.93. The van der Waals surface area contributed by atoms with Gasteiger partial charge >= 0.3 is 5.97 Å². The van der Waals surface area contributed by atoms with Crippen molar-refractivity contribution in [2.45, 2.75) is 37.0 Å². The Hall–Kier alpha value is -3.42. The average Bonchev–Trinajstić information content (AvgIpc) is 3.34. The summed E-state index contributed by atoms with van der Waals surface area (Å²) in [7, 11) is 0. The number of benzene rings is 1. The van der Waals surface area contributed by atoms with Gasteiger partial charge in [0.15, 0.2) is 0 Å². The molecule has 0 saturated carbocycles. The molecule has 8 N–H and O–H groups in total. The molecule has 184 valence electrons. The number of aliphatic hydroxyl groups is 1. The topological polar surface area (TPSA) is 200 Å². The van der Waals surface area contributed by atoms with Gasteiger partial charge in [-0.3, -0.25) is 14.4 Å². The van der Waals surface area contributed by atoms with Gasteiger partial charge in [-0.2, -0.15) is 12.6 Å². The molecule has 0 saturated heterocycles. The maximum Gasteiger partial charge on any atom is 0.327 e.